The zero-order chi connectivity index (χ0) is 13.4. The van der Waals surface area contributed by atoms with Crippen LogP contribution < -0.4 is 0 Å². The molecule has 1 N–H and O–H groups in total. The molecule has 4 nitrogen and oxygen atoms in total. The molecule has 17 heavy (non-hydrogen) atoms. The van der Waals surface area contributed by atoms with E-state index in [2.05, 4.69) is 12.6 Å². The number of carbonyl (C=O) groups excluding carboxylic acids is 2. The molecule has 0 aromatic heterocycles. The third-order valence-corrected chi connectivity index (χ3v) is 2.98. The summed E-state index contributed by atoms with van der Waals surface area (Å²) in [6.07, 6.45) is -0.214. The van der Waals surface area contributed by atoms with Gasteiger partial charge in [-0.05, 0) is 6.42 Å². The molecule has 0 aromatic rings. The van der Waals surface area contributed by atoms with Gasteiger partial charge in [0.1, 0.15) is 0 Å². The lowest BCUT2D eigenvalue weighted by Gasteiger charge is -2.25. The SMILES string of the molecule is CCC(=O)N(CCS)C(=O)[C@@H](C)[C@H](O)CCCl. The van der Waals surface area contributed by atoms with Crippen molar-refractivity contribution in [2.45, 2.75) is 32.8 Å². The molecule has 0 saturated heterocycles. The Balaban J connectivity index is 4.65. The molecule has 2 atom stereocenters. The van der Waals surface area contributed by atoms with E-state index in [0.717, 1.165) is 4.90 Å². The number of aliphatic hydroxyl groups excluding tert-OH is 1. The van der Waals surface area contributed by atoms with Gasteiger partial charge in [-0.3, -0.25) is 14.5 Å². The molecule has 0 fully saturated rings. The smallest absolute Gasteiger partial charge is 0.234 e. The molecular weight excluding hydrogens is 262 g/mol. The van der Waals surface area contributed by atoms with Crippen molar-refractivity contribution < 1.29 is 14.7 Å². The van der Waals surface area contributed by atoms with Crippen LogP contribution in [0.5, 0.6) is 0 Å². The normalized spacial score (nSPS) is 14.2. The molecule has 0 radical (unpaired) electrons. The quantitative estimate of drug-likeness (QED) is 0.546. The van der Waals surface area contributed by atoms with Gasteiger partial charge in [-0.1, -0.05) is 13.8 Å². The average molecular weight is 282 g/mol. The predicted octanol–water partition coefficient (Wildman–Crippen LogP) is 1.31. The Hall–Kier alpha value is -0.260. The van der Waals surface area contributed by atoms with Gasteiger partial charge in [0, 0.05) is 24.6 Å². The Morgan fingerprint density at radius 1 is 1.47 bits per heavy atom. The zero-order valence-electron chi connectivity index (χ0n) is 10.2. The molecule has 0 bridgehead atoms. The molecule has 0 aliphatic carbocycles. The standard InChI is InChI=1S/C11H20ClNO3S/c1-3-10(15)13(6-7-17)11(16)8(2)9(14)4-5-12/h8-9,14,17H,3-7H2,1-2H3/t8-,9+/m0/s1. The first-order valence-corrected chi connectivity index (χ1v) is 6.85. The zero-order valence-corrected chi connectivity index (χ0v) is 11.9. The van der Waals surface area contributed by atoms with Crippen LogP contribution >= 0.6 is 24.2 Å². The number of hydrogen-bond acceptors (Lipinski definition) is 4. The van der Waals surface area contributed by atoms with E-state index in [9.17, 15) is 14.7 Å². The fourth-order valence-electron chi connectivity index (χ4n) is 1.42. The fraction of sp³-hybridized carbons (Fsp3) is 0.818. The van der Waals surface area contributed by atoms with Crippen molar-refractivity contribution in [2.24, 2.45) is 5.92 Å². The van der Waals surface area contributed by atoms with E-state index in [-0.39, 0.29) is 30.7 Å². The summed E-state index contributed by atoms with van der Waals surface area (Å²) in [5, 5.41) is 9.70. The first-order chi connectivity index (χ1) is 7.99. The molecule has 0 rings (SSSR count). The number of thiol groups is 1. The van der Waals surface area contributed by atoms with E-state index in [1.807, 2.05) is 0 Å². The maximum Gasteiger partial charge on any atom is 0.234 e. The highest BCUT2D eigenvalue weighted by atomic mass is 35.5. The minimum Gasteiger partial charge on any atom is -0.392 e. The van der Waals surface area contributed by atoms with Crippen LogP contribution in [0.4, 0.5) is 0 Å². The van der Waals surface area contributed by atoms with Gasteiger partial charge in [-0.15, -0.1) is 11.6 Å². The highest BCUT2D eigenvalue weighted by molar-refractivity contribution is 7.80. The van der Waals surface area contributed by atoms with E-state index < -0.39 is 12.0 Å². The summed E-state index contributed by atoms with van der Waals surface area (Å²) in [5.41, 5.74) is 0. The molecule has 0 aliphatic heterocycles. The largest absolute Gasteiger partial charge is 0.392 e. The second kappa shape index (κ2) is 8.78. The van der Waals surface area contributed by atoms with Crippen molar-refractivity contribution in [3.63, 3.8) is 0 Å². The molecule has 0 heterocycles. The van der Waals surface area contributed by atoms with Crippen molar-refractivity contribution in [2.75, 3.05) is 18.2 Å². The van der Waals surface area contributed by atoms with Gasteiger partial charge >= 0.3 is 0 Å². The first kappa shape index (κ1) is 16.7. The molecule has 6 heteroatoms. The summed E-state index contributed by atoms with van der Waals surface area (Å²) >= 11 is 9.53. The van der Waals surface area contributed by atoms with E-state index in [0.29, 0.717) is 12.2 Å². The lowest BCUT2D eigenvalue weighted by molar-refractivity contribution is -0.148. The molecule has 0 aliphatic rings. The number of alkyl halides is 1. The summed E-state index contributed by atoms with van der Waals surface area (Å²) in [6.45, 7) is 3.57. The summed E-state index contributed by atoms with van der Waals surface area (Å²) in [6, 6.07) is 0. The van der Waals surface area contributed by atoms with E-state index in [4.69, 9.17) is 11.6 Å². The number of carbonyl (C=O) groups is 2. The molecule has 0 saturated carbocycles. The summed E-state index contributed by atoms with van der Waals surface area (Å²) in [4.78, 5) is 24.8. The lowest BCUT2D eigenvalue weighted by Crippen LogP contribution is -2.44. The Morgan fingerprint density at radius 3 is 2.47 bits per heavy atom. The predicted molar refractivity (Wildman–Crippen MR) is 71.4 cm³/mol. The molecular formula is C11H20ClNO3S. The summed E-state index contributed by atoms with van der Waals surface area (Å²) in [7, 11) is 0. The summed E-state index contributed by atoms with van der Waals surface area (Å²) < 4.78 is 0. The monoisotopic (exact) mass is 281 g/mol. The van der Waals surface area contributed by atoms with Crippen LogP contribution in [-0.4, -0.2) is 46.1 Å². The van der Waals surface area contributed by atoms with Crippen LogP contribution in [-0.2, 0) is 9.59 Å². The maximum atomic E-state index is 12.0. The Kier molecular flexibility index (Phi) is 8.64. The minimum atomic E-state index is -0.813. The third-order valence-electron chi connectivity index (χ3n) is 2.56. The first-order valence-electron chi connectivity index (χ1n) is 5.68. The fourth-order valence-corrected chi connectivity index (χ4v) is 1.84. The maximum absolute atomic E-state index is 12.0. The van der Waals surface area contributed by atoms with Crippen LogP contribution in [0.1, 0.15) is 26.7 Å². The lowest BCUT2D eigenvalue weighted by atomic mass is 10.0. The van der Waals surface area contributed by atoms with Gasteiger partial charge < -0.3 is 5.11 Å². The number of aliphatic hydroxyl groups is 1. The van der Waals surface area contributed by atoms with Gasteiger partial charge in [-0.25, -0.2) is 0 Å². The molecule has 100 valence electrons. The Morgan fingerprint density at radius 2 is 2.06 bits per heavy atom. The number of imide groups is 1. The van der Waals surface area contributed by atoms with Crippen molar-refractivity contribution in [1.29, 1.82) is 0 Å². The van der Waals surface area contributed by atoms with Crippen LogP contribution in [0.25, 0.3) is 0 Å². The third kappa shape index (κ3) is 5.27. The van der Waals surface area contributed by atoms with Gasteiger partial charge in [0.25, 0.3) is 0 Å². The molecule has 0 spiro atoms. The Bertz CT molecular complexity index is 263. The summed E-state index contributed by atoms with van der Waals surface area (Å²) in [5.74, 6) is -0.523. The van der Waals surface area contributed by atoms with E-state index >= 15 is 0 Å². The van der Waals surface area contributed by atoms with Crippen LogP contribution in [0.3, 0.4) is 0 Å². The van der Waals surface area contributed by atoms with Gasteiger partial charge in [0.15, 0.2) is 0 Å². The van der Waals surface area contributed by atoms with Crippen LogP contribution in [0, 0.1) is 5.92 Å². The number of hydrogen-bond donors (Lipinski definition) is 2. The van der Waals surface area contributed by atoms with Gasteiger partial charge in [0.2, 0.25) is 11.8 Å². The number of halogens is 1. The number of amides is 2. The minimum absolute atomic E-state index is 0.242. The van der Waals surface area contributed by atoms with Crippen molar-refractivity contribution in [3.8, 4) is 0 Å². The Labute approximate surface area is 113 Å². The molecule has 2 amide bonds. The second-order valence-electron chi connectivity index (χ2n) is 3.79. The van der Waals surface area contributed by atoms with E-state index in [1.54, 1.807) is 13.8 Å². The van der Waals surface area contributed by atoms with Crippen LogP contribution in [0.2, 0.25) is 0 Å². The number of nitrogens with zero attached hydrogens (tertiary/aromatic N) is 1. The van der Waals surface area contributed by atoms with Crippen molar-refractivity contribution >= 4 is 36.0 Å². The molecule has 0 aromatic carbocycles. The van der Waals surface area contributed by atoms with Crippen molar-refractivity contribution in [3.05, 3.63) is 0 Å². The van der Waals surface area contributed by atoms with E-state index in [1.165, 1.54) is 0 Å². The van der Waals surface area contributed by atoms with Crippen molar-refractivity contribution in [1.82, 2.24) is 4.90 Å². The highest BCUT2D eigenvalue weighted by Crippen LogP contribution is 2.13. The topological polar surface area (TPSA) is 57.6 Å². The number of rotatable bonds is 7. The van der Waals surface area contributed by atoms with Gasteiger partial charge in [0.05, 0.1) is 12.0 Å². The average Bonchev–Trinajstić information content (AvgIpc) is 2.33. The van der Waals surface area contributed by atoms with Crippen LogP contribution in [0.15, 0.2) is 0 Å². The van der Waals surface area contributed by atoms with Gasteiger partial charge in [-0.2, -0.15) is 12.6 Å². The highest BCUT2D eigenvalue weighted by Gasteiger charge is 2.28. The second-order valence-corrected chi connectivity index (χ2v) is 4.62. The molecule has 0 unspecified atom stereocenters.